The van der Waals surface area contributed by atoms with Gasteiger partial charge in [-0.3, -0.25) is 4.28 Å². The summed E-state index contributed by atoms with van der Waals surface area (Å²) in [5.41, 5.74) is 0. The molecule has 0 amide bonds. The van der Waals surface area contributed by atoms with Crippen LogP contribution < -0.4 is 4.72 Å². The first-order valence-electron chi connectivity index (χ1n) is 3.42. The molecule has 1 aliphatic heterocycles. The fraction of sp³-hybridized carbons (Fsp3) is 0.800. The van der Waals surface area contributed by atoms with Gasteiger partial charge in [0.15, 0.2) is 5.84 Å². The molecule has 0 saturated heterocycles. The van der Waals surface area contributed by atoms with Gasteiger partial charge in [0.1, 0.15) is 0 Å². The van der Waals surface area contributed by atoms with Crippen molar-refractivity contribution in [1.29, 1.82) is 0 Å². The molecular formula is C5H10N2O3S. The van der Waals surface area contributed by atoms with E-state index < -0.39 is 10.3 Å². The Morgan fingerprint density at radius 3 is 2.82 bits per heavy atom. The van der Waals surface area contributed by atoms with Gasteiger partial charge >= 0.3 is 10.3 Å². The van der Waals surface area contributed by atoms with Gasteiger partial charge in [-0.2, -0.15) is 8.42 Å². The average Bonchev–Trinajstić information content (AvgIpc) is 2.26. The number of hydrogen-bond donors (Lipinski definition) is 1. The fourth-order valence-electron chi connectivity index (χ4n) is 0.717. The van der Waals surface area contributed by atoms with Gasteiger partial charge in [0.2, 0.25) is 0 Å². The van der Waals surface area contributed by atoms with Crippen molar-refractivity contribution in [3.63, 3.8) is 0 Å². The lowest BCUT2D eigenvalue weighted by Crippen LogP contribution is -2.23. The van der Waals surface area contributed by atoms with Gasteiger partial charge in [0.25, 0.3) is 0 Å². The zero-order valence-corrected chi connectivity index (χ0v) is 7.02. The molecular weight excluding hydrogens is 168 g/mol. The highest BCUT2D eigenvalue weighted by molar-refractivity contribution is 7.85. The van der Waals surface area contributed by atoms with Crippen LogP contribution >= 0.6 is 0 Å². The Kier molecular flexibility index (Phi) is 2.33. The van der Waals surface area contributed by atoms with Gasteiger partial charge in [-0.05, 0) is 11.6 Å². The minimum absolute atomic E-state index is 0.395. The summed E-state index contributed by atoms with van der Waals surface area (Å²) in [4.78, 5) is 0. The molecule has 0 aromatic carbocycles. The summed E-state index contributed by atoms with van der Waals surface area (Å²) in [5.74, 6) is 0.395. The maximum Gasteiger partial charge on any atom is 0.428 e. The van der Waals surface area contributed by atoms with Crippen LogP contribution in [0.25, 0.3) is 0 Å². The molecule has 0 bridgehead atoms. The Bertz CT molecular complexity index is 257. The lowest BCUT2D eigenvalue weighted by Gasteiger charge is -1.94. The molecule has 0 spiro atoms. The molecule has 0 aromatic rings. The molecule has 0 saturated carbocycles. The minimum atomic E-state index is -3.58. The van der Waals surface area contributed by atoms with E-state index in [1.165, 1.54) is 0 Å². The molecule has 0 fully saturated rings. The number of nitrogens with zero attached hydrogens (tertiary/aromatic N) is 1. The fourth-order valence-corrected chi connectivity index (χ4v) is 1.37. The number of oxime groups is 1. The lowest BCUT2D eigenvalue weighted by molar-refractivity contribution is 0.350. The van der Waals surface area contributed by atoms with Crippen molar-refractivity contribution in [2.24, 2.45) is 5.16 Å². The molecule has 11 heavy (non-hydrogen) atoms. The van der Waals surface area contributed by atoms with Crippen LogP contribution in [0, 0.1) is 0 Å². The van der Waals surface area contributed by atoms with E-state index in [1.807, 2.05) is 6.92 Å². The molecule has 64 valence electrons. The maximum atomic E-state index is 10.6. The number of hydrogen-bond acceptors (Lipinski definition) is 4. The van der Waals surface area contributed by atoms with Crippen molar-refractivity contribution in [2.75, 3.05) is 0 Å². The predicted molar refractivity (Wildman–Crippen MR) is 40.1 cm³/mol. The zero-order chi connectivity index (χ0) is 8.32. The molecule has 0 aliphatic carbocycles. The number of rotatable bonds is 3. The van der Waals surface area contributed by atoms with E-state index in [0.717, 1.165) is 12.8 Å². The van der Waals surface area contributed by atoms with Crippen LogP contribution in [-0.4, -0.2) is 14.3 Å². The number of amidine groups is 1. The highest BCUT2D eigenvalue weighted by atomic mass is 32.2. The van der Waals surface area contributed by atoms with Crippen molar-refractivity contribution in [3.8, 4) is 0 Å². The van der Waals surface area contributed by atoms with Crippen LogP contribution in [0.2, 0.25) is 0 Å². The first-order chi connectivity index (χ1) is 5.14. The largest absolute Gasteiger partial charge is 0.428 e. The van der Waals surface area contributed by atoms with Crippen LogP contribution in [0.15, 0.2) is 5.16 Å². The van der Waals surface area contributed by atoms with Gasteiger partial charge in [-0.1, -0.05) is 13.3 Å². The van der Waals surface area contributed by atoms with E-state index >= 15 is 0 Å². The molecule has 1 N–H and O–H groups in total. The molecule has 1 rings (SSSR count). The summed E-state index contributed by atoms with van der Waals surface area (Å²) in [6.45, 7) is 2.02. The summed E-state index contributed by atoms with van der Waals surface area (Å²) < 4.78 is 27.4. The van der Waals surface area contributed by atoms with Crippen molar-refractivity contribution in [1.82, 2.24) is 4.72 Å². The van der Waals surface area contributed by atoms with Crippen LogP contribution in [-0.2, 0) is 14.6 Å². The van der Waals surface area contributed by atoms with Crippen molar-refractivity contribution in [2.45, 2.75) is 26.2 Å². The predicted octanol–water partition coefficient (Wildman–Crippen LogP) is 0.355. The molecule has 6 heteroatoms. The molecule has 1 heterocycles. The third-order valence-electron chi connectivity index (χ3n) is 1.26. The Morgan fingerprint density at radius 2 is 2.36 bits per heavy atom. The summed E-state index contributed by atoms with van der Waals surface area (Å²) in [6.07, 6.45) is 2.53. The van der Waals surface area contributed by atoms with Gasteiger partial charge in [-0.25, -0.2) is 4.72 Å². The standard InChI is InChI=1S/C5H10N2O3S/c1-2-3-4-5-6-10-11(8,9)7-5/h2-4H2,1H3,(H,6,7). The van der Waals surface area contributed by atoms with E-state index in [2.05, 4.69) is 14.2 Å². The Labute approximate surface area is 65.7 Å². The Morgan fingerprint density at radius 1 is 1.64 bits per heavy atom. The van der Waals surface area contributed by atoms with Gasteiger partial charge < -0.3 is 0 Å². The normalized spacial score (nSPS) is 20.3. The maximum absolute atomic E-state index is 10.6. The minimum Gasteiger partial charge on any atom is -0.250 e. The van der Waals surface area contributed by atoms with E-state index in [0.29, 0.717) is 12.3 Å². The molecule has 0 radical (unpaired) electrons. The van der Waals surface area contributed by atoms with E-state index in [1.54, 1.807) is 0 Å². The van der Waals surface area contributed by atoms with Gasteiger partial charge in [0, 0.05) is 6.42 Å². The smallest absolute Gasteiger partial charge is 0.250 e. The number of nitrogens with one attached hydrogen (secondary N) is 1. The van der Waals surface area contributed by atoms with Crippen molar-refractivity contribution >= 4 is 16.1 Å². The van der Waals surface area contributed by atoms with E-state index in [4.69, 9.17) is 0 Å². The van der Waals surface area contributed by atoms with Gasteiger partial charge in [-0.15, -0.1) is 0 Å². The summed E-state index contributed by atoms with van der Waals surface area (Å²) in [6, 6.07) is 0. The van der Waals surface area contributed by atoms with Crippen LogP contribution in [0.4, 0.5) is 0 Å². The topological polar surface area (TPSA) is 67.8 Å². The highest BCUT2D eigenvalue weighted by Gasteiger charge is 2.20. The highest BCUT2D eigenvalue weighted by Crippen LogP contribution is 2.04. The first kappa shape index (κ1) is 8.32. The molecule has 0 unspecified atom stereocenters. The number of unbranched alkanes of at least 4 members (excludes halogenated alkanes) is 1. The van der Waals surface area contributed by atoms with Gasteiger partial charge in [0.05, 0.1) is 0 Å². The van der Waals surface area contributed by atoms with E-state index in [9.17, 15) is 8.42 Å². The SMILES string of the molecule is CCCCC1=NOS(=O)(=O)N1. The average molecular weight is 178 g/mol. The Hall–Kier alpha value is -0.780. The Balaban J connectivity index is 2.41. The molecule has 1 aliphatic rings. The second-order valence-corrected chi connectivity index (χ2v) is 3.53. The molecule has 5 nitrogen and oxygen atoms in total. The third-order valence-corrected chi connectivity index (χ3v) is 2.01. The van der Waals surface area contributed by atoms with E-state index in [-0.39, 0.29) is 0 Å². The third kappa shape index (κ3) is 2.38. The van der Waals surface area contributed by atoms with Crippen LogP contribution in [0.3, 0.4) is 0 Å². The van der Waals surface area contributed by atoms with Crippen molar-refractivity contribution in [3.05, 3.63) is 0 Å². The summed E-state index contributed by atoms with van der Waals surface area (Å²) in [5, 5.41) is 3.34. The zero-order valence-electron chi connectivity index (χ0n) is 6.20. The lowest BCUT2D eigenvalue weighted by atomic mass is 10.2. The quantitative estimate of drug-likeness (QED) is 0.678. The summed E-state index contributed by atoms with van der Waals surface area (Å²) in [7, 11) is -3.58. The van der Waals surface area contributed by atoms with Crippen LogP contribution in [0.1, 0.15) is 26.2 Å². The monoisotopic (exact) mass is 178 g/mol. The second kappa shape index (κ2) is 3.08. The molecule has 0 aromatic heterocycles. The molecule has 0 atom stereocenters. The summed E-state index contributed by atoms with van der Waals surface area (Å²) >= 11 is 0. The van der Waals surface area contributed by atoms with Crippen molar-refractivity contribution < 1.29 is 12.7 Å². The second-order valence-electron chi connectivity index (χ2n) is 2.27. The van der Waals surface area contributed by atoms with Crippen LogP contribution in [0.5, 0.6) is 0 Å². The first-order valence-corrected chi connectivity index (χ1v) is 4.83.